The van der Waals surface area contributed by atoms with E-state index in [0.29, 0.717) is 11.4 Å². The molecule has 13 heavy (non-hydrogen) atoms. The minimum absolute atomic E-state index is 0.121. The molecule has 0 fully saturated rings. The topological polar surface area (TPSA) is 51.2 Å². The molecule has 0 aliphatic rings. The van der Waals surface area contributed by atoms with Crippen molar-refractivity contribution in [3.8, 4) is 5.75 Å². The number of amides is 1. The molecule has 1 aromatic rings. The molecule has 0 aromatic carbocycles. The van der Waals surface area contributed by atoms with Gasteiger partial charge in [-0.25, -0.2) is 0 Å². The van der Waals surface area contributed by atoms with Gasteiger partial charge in [-0.05, 0) is 13.0 Å². The van der Waals surface area contributed by atoms with Gasteiger partial charge in [-0.1, -0.05) is 0 Å². The molecular formula is C9H12N2O2. The summed E-state index contributed by atoms with van der Waals surface area (Å²) in [6.07, 6.45) is 1.58. The van der Waals surface area contributed by atoms with E-state index in [1.54, 1.807) is 12.3 Å². The number of nitrogens with one attached hydrogen (secondary N) is 1. The first-order chi connectivity index (χ1) is 6.13. The summed E-state index contributed by atoms with van der Waals surface area (Å²) in [6.45, 7) is 3.31. The first-order valence-electron chi connectivity index (χ1n) is 3.91. The summed E-state index contributed by atoms with van der Waals surface area (Å²) in [5, 5.41) is 2.66. The van der Waals surface area contributed by atoms with Gasteiger partial charge in [-0.15, -0.1) is 0 Å². The Balaban J connectivity index is 3.01. The maximum Gasteiger partial charge on any atom is 0.221 e. The quantitative estimate of drug-likeness (QED) is 0.747. The van der Waals surface area contributed by atoms with Crippen LogP contribution in [0.5, 0.6) is 5.75 Å². The molecule has 0 aliphatic carbocycles. The third-order valence-electron chi connectivity index (χ3n) is 1.53. The summed E-state index contributed by atoms with van der Waals surface area (Å²) in [4.78, 5) is 14.8. The average molecular weight is 180 g/mol. The van der Waals surface area contributed by atoms with E-state index in [9.17, 15) is 4.79 Å². The molecule has 4 heteroatoms. The molecule has 0 radical (unpaired) electrons. The first kappa shape index (κ1) is 9.51. The Hall–Kier alpha value is -1.58. The van der Waals surface area contributed by atoms with Crippen molar-refractivity contribution < 1.29 is 9.53 Å². The predicted molar refractivity (Wildman–Crippen MR) is 49.8 cm³/mol. The molecule has 1 heterocycles. The van der Waals surface area contributed by atoms with Gasteiger partial charge in [0.25, 0.3) is 0 Å². The molecule has 0 bridgehead atoms. The van der Waals surface area contributed by atoms with Crippen LogP contribution in [0.3, 0.4) is 0 Å². The van der Waals surface area contributed by atoms with Crippen molar-refractivity contribution in [3.05, 3.63) is 18.0 Å². The van der Waals surface area contributed by atoms with Crippen LogP contribution >= 0.6 is 0 Å². The van der Waals surface area contributed by atoms with Crippen molar-refractivity contribution in [3.63, 3.8) is 0 Å². The highest BCUT2D eigenvalue weighted by Gasteiger charge is 2.04. The van der Waals surface area contributed by atoms with Crippen LogP contribution in [0.25, 0.3) is 0 Å². The van der Waals surface area contributed by atoms with E-state index in [-0.39, 0.29) is 5.91 Å². The largest absolute Gasteiger partial charge is 0.493 e. The van der Waals surface area contributed by atoms with Gasteiger partial charge >= 0.3 is 0 Å². The van der Waals surface area contributed by atoms with Crippen LogP contribution in [-0.4, -0.2) is 18.0 Å². The molecule has 1 rings (SSSR count). The van der Waals surface area contributed by atoms with Crippen LogP contribution in [-0.2, 0) is 4.79 Å². The summed E-state index contributed by atoms with van der Waals surface area (Å²) in [5.74, 6) is 0.449. The summed E-state index contributed by atoms with van der Waals surface area (Å²) in [7, 11) is 1.54. The fraction of sp³-hybridized carbons (Fsp3) is 0.333. The normalized spacial score (nSPS) is 9.46. The number of rotatable bonds is 2. The average Bonchev–Trinajstić information content (AvgIpc) is 2.03. The summed E-state index contributed by atoms with van der Waals surface area (Å²) in [5.41, 5.74) is 1.49. The van der Waals surface area contributed by atoms with E-state index >= 15 is 0 Å². The Labute approximate surface area is 76.9 Å². The molecule has 70 valence electrons. The number of aromatic nitrogens is 1. The highest BCUT2D eigenvalue weighted by molar-refractivity contribution is 5.90. The standard InChI is InChI=1S/C9H12N2O2/c1-6-4-8(11-7(2)12)9(13-3)5-10-6/h4-5H,1-3H3,(H,10,11,12). The van der Waals surface area contributed by atoms with Crippen molar-refractivity contribution in [2.75, 3.05) is 12.4 Å². The highest BCUT2D eigenvalue weighted by atomic mass is 16.5. The van der Waals surface area contributed by atoms with E-state index in [1.807, 2.05) is 6.92 Å². The zero-order valence-electron chi connectivity index (χ0n) is 7.92. The van der Waals surface area contributed by atoms with Crippen molar-refractivity contribution in [1.82, 2.24) is 4.98 Å². The van der Waals surface area contributed by atoms with Gasteiger partial charge in [0.15, 0.2) is 5.75 Å². The Morgan fingerprint density at radius 1 is 1.62 bits per heavy atom. The minimum atomic E-state index is -0.121. The lowest BCUT2D eigenvalue weighted by Gasteiger charge is -2.08. The van der Waals surface area contributed by atoms with Crippen molar-refractivity contribution >= 4 is 11.6 Å². The fourth-order valence-electron chi connectivity index (χ4n) is 0.997. The molecule has 0 atom stereocenters. The smallest absolute Gasteiger partial charge is 0.221 e. The number of methoxy groups -OCH3 is 1. The fourth-order valence-corrected chi connectivity index (χ4v) is 0.997. The SMILES string of the molecule is COc1cnc(C)cc1NC(C)=O. The zero-order chi connectivity index (χ0) is 9.84. The number of hydrogen-bond acceptors (Lipinski definition) is 3. The number of pyridine rings is 1. The monoisotopic (exact) mass is 180 g/mol. The summed E-state index contributed by atoms with van der Waals surface area (Å²) >= 11 is 0. The van der Waals surface area contributed by atoms with E-state index < -0.39 is 0 Å². The molecule has 0 saturated heterocycles. The molecule has 1 aromatic heterocycles. The number of anilines is 1. The zero-order valence-corrected chi connectivity index (χ0v) is 7.92. The van der Waals surface area contributed by atoms with E-state index in [0.717, 1.165) is 5.69 Å². The van der Waals surface area contributed by atoms with Crippen LogP contribution in [0.2, 0.25) is 0 Å². The molecule has 0 spiro atoms. The van der Waals surface area contributed by atoms with Gasteiger partial charge in [-0.2, -0.15) is 0 Å². The second-order valence-electron chi connectivity index (χ2n) is 2.71. The lowest BCUT2D eigenvalue weighted by atomic mass is 10.3. The molecule has 4 nitrogen and oxygen atoms in total. The molecule has 0 unspecified atom stereocenters. The van der Waals surface area contributed by atoms with Crippen molar-refractivity contribution in [1.29, 1.82) is 0 Å². The number of nitrogens with zero attached hydrogens (tertiary/aromatic N) is 1. The number of carbonyl (C=O) groups is 1. The number of ether oxygens (including phenoxy) is 1. The van der Waals surface area contributed by atoms with Gasteiger partial charge in [0.05, 0.1) is 19.0 Å². The molecule has 1 N–H and O–H groups in total. The third-order valence-corrected chi connectivity index (χ3v) is 1.53. The summed E-state index contributed by atoms with van der Waals surface area (Å²) < 4.78 is 5.02. The predicted octanol–water partition coefficient (Wildman–Crippen LogP) is 1.36. The van der Waals surface area contributed by atoms with E-state index in [4.69, 9.17) is 4.74 Å². The minimum Gasteiger partial charge on any atom is -0.493 e. The Morgan fingerprint density at radius 3 is 2.85 bits per heavy atom. The number of aryl methyl sites for hydroxylation is 1. The van der Waals surface area contributed by atoms with Gasteiger partial charge in [0, 0.05) is 12.6 Å². The van der Waals surface area contributed by atoms with Crippen molar-refractivity contribution in [2.45, 2.75) is 13.8 Å². The summed E-state index contributed by atoms with van der Waals surface area (Å²) in [6, 6.07) is 1.76. The second kappa shape index (κ2) is 3.89. The van der Waals surface area contributed by atoms with Gasteiger partial charge in [0.1, 0.15) is 0 Å². The highest BCUT2D eigenvalue weighted by Crippen LogP contribution is 2.22. The molecule has 0 aliphatic heterocycles. The van der Waals surface area contributed by atoms with Crippen LogP contribution in [0, 0.1) is 6.92 Å². The van der Waals surface area contributed by atoms with Crippen molar-refractivity contribution in [2.24, 2.45) is 0 Å². The molecule has 1 amide bonds. The van der Waals surface area contributed by atoms with Crippen LogP contribution in [0.1, 0.15) is 12.6 Å². The molecular weight excluding hydrogens is 168 g/mol. The lowest BCUT2D eigenvalue weighted by molar-refractivity contribution is -0.114. The van der Waals surface area contributed by atoms with Crippen LogP contribution in [0.4, 0.5) is 5.69 Å². The van der Waals surface area contributed by atoms with Crippen LogP contribution in [0.15, 0.2) is 12.3 Å². The number of carbonyl (C=O) groups excluding carboxylic acids is 1. The van der Waals surface area contributed by atoms with E-state index in [1.165, 1.54) is 14.0 Å². The molecule has 0 saturated carbocycles. The van der Waals surface area contributed by atoms with Gasteiger partial charge in [-0.3, -0.25) is 9.78 Å². The van der Waals surface area contributed by atoms with Crippen LogP contribution < -0.4 is 10.1 Å². The first-order valence-corrected chi connectivity index (χ1v) is 3.91. The maximum absolute atomic E-state index is 10.8. The number of hydrogen-bond donors (Lipinski definition) is 1. The Kier molecular flexibility index (Phi) is 2.84. The van der Waals surface area contributed by atoms with Gasteiger partial charge in [0.2, 0.25) is 5.91 Å². The lowest BCUT2D eigenvalue weighted by Crippen LogP contribution is -2.07. The third kappa shape index (κ3) is 2.43. The van der Waals surface area contributed by atoms with Gasteiger partial charge < -0.3 is 10.1 Å². The second-order valence-corrected chi connectivity index (χ2v) is 2.71. The maximum atomic E-state index is 10.8. The Morgan fingerprint density at radius 2 is 2.31 bits per heavy atom. The van der Waals surface area contributed by atoms with E-state index in [2.05, 4.69) is 10.3 Å². The Bertz CT molecular complexity index is 323.